The Morgan fingerprint density at radius 3 is 2.79 bits per heavy atom. The maximum absolute atomic E-state index is 14.0. The fourth-order valence-corrected chi connectivity index (χ4v) is 1.76. The first-order valence-corrected chi connectivity index (χ1v) is 5.15. The number of hydrogen-bond acceptors (Lipinski definition) is 0. The van der Waals surface area contributed by atoms with Crippen LogP contribution in [0.15, 0.2) is 30.9 Å². The molecule has 0 nitrogen and oxygen atoms in total. The quantitative estimate of drug-likeness (QED) is 0.632. The molecule has 0 spiro atoms. The zero-order valence-electron chi connectivity index (χ0n) is 8.46. The Morgan fingerprint density at radius 2 is 2.21 bits per heavy atom. The van der Waals surface area contributed by atoms with Gasteiger partial charge in [0.15, 0.2) is 0 Å². The summed E-state index contributed by atoms with van der Waals surface area (Å²) in [6, 6.07) is 5.71. The number of rotatable bonds is 3. The van der Waals surface area contributed by atoms with E-state index < -0.39 is 0 Å². The molecule has 1 atom stereocenters. The first kappa shape index (κ1) is 9.45. The van der Waals surface area contributed by atoms with Gasteiger partial charge in [0.05, 0.1) is 0 Å². The first-order chi connectivity index (χ1) is 6.74. The summed E-state index contributed by atoms with van der Waals surface area (Å²) in [7, 11) is 0. The molecule has 1 fully saturated rings. The van der Waals surface area contributed by atoms with E-state index in [9.17, 15) is 4.39 Å². The number of benzene rings is 1. The van der Waals surface area contributed by atoms with Gasteiger partial charge in [-0.3, -0.25) is 0 Å². The summed E-state index contributed by atoms with van der Waals surface area (Å²) in [5, 5.41) is 0. The van der Waals surface area contributed by atoms with Crippen LogP contribution < -0.4 is 0 Å². The smallest absolute Gasteiger partial charge is 0.130 e. The van der Waals surface area contributed by atoms with Crippen molar-refractivity contribution in [3.8, 4) is 0 Å². The third-order valence-corrected chi connectivity index (χ3v) is 2.92. The molecule has 0 saturated heterocycles. The van der Waals surface area contributed by atoms with Crippen LogP contribution in [-0.2, 0) is 0 Å². The van der Waals surface area contributed by atoms with E-state index in [0.29, 0.717) is 5.92 Å². The molecular weight excluding hydrogens is 175 g/mol. The summed E-state index contributed by atoms with van der Waals surface area (Å²) in [5.41, 5.74) is 1.68. The largest absolute Gasteiger partial charge is 0.206 e. The zero-order valence-corrected chi connectivity index (χ0v) is 8.46. The molecule has 1 aliphatic rings. The van der Waals surface area contributed by atoms with Crippen molar-refractivity contribution in [1.29, 1.82) is 0 Å². The molecule has 0 bridgehead atoms. The summed E-state index contributed by atoms with van der Waals surface area (Å²) >= 11 is 0. The maximum Gasteiger partial charge on any atom is 0.130 e. The van der Waals surface area contributed by atoms with Gasteiger partial charge in [-0.1, -0.05) is 31.2 Å². The van der Waals surface area contributed by atoms with Crippen molar-refractivity contribution >= 4 is 0 Å². The summed E-state index contributed by atoms with van der Waals surface area (Å²) in [4.78, 5) is 0. The second-order valence-electron chi connectivity index (χ2n) is 4.05. The van der Waals surface area contributed by atoms with Crippen LogP contribution in [0.4, 0.5) is 4.39 Å². The Bertz CT molecular complexity index is 350. The molecule has 0 aliphatic heterocycles. The standard InChI is InChI=1S/C13H15F/c1-3-9(2)11-5-4-6-12(13(11)14)10-7-8-10/h3-6,9-10H,1,7-8H2,2H3. The van der Waals surface area contributed by atoms with Crippen LogP contribution in [0.2, 0.25) is 0 Å². The third kappa shape index (κ3) is 1.59. The Morgan fingerprint density at radius 1 is 1.50 bits per heavy atom. The molecule has 0 aromatic heterocycles. The lowest BCUT2D eigenvalue weighted by atomic mass is 9.97. The van der Waals surface area contributed by atoms with Crippen LogP contribution in [0.5, 0.6) is 0 Å². The average Bonchev–Trinajstić information content (AvgIpc) is 3.01. The molecule has 74 valence electrons. The van der Waals surface area contributed by atoms with Crippen LogP contribution >= 0.6 is 0 Å². The van der Waals surface area contributed by atoms with Gasteiger partial charge >= 0.3 is 0 Å². The summed E-state index contributed by atoms with van der Waals surface area (Å²) in [6.07, 6.45) is 4.07. The molecule has 0 radical (unpaired) electrons. The van der Waals surface area contributed by atoms with Crippen molar-refractivity contribution in [2.75, 3.05) is 0 Å². The molecular formula is C13H15F. The van der Waals surface area contributed by atoms with Crippen molar-refractivity contribution in [2.24, 2.45) is 0 Å². The average molecular weight is 190 g/mol. The van der Waals surface area contributed by atoms with E-state index in [4.69, 9.17) is 0 Å². The van der Waals surface area contributed by atoms with Gasteiger partial charge in [0.25, 0.3) is 0 Å². The highest BCUT2D eigenvalue weighted by atomic mass is 19.1. The minimum Gasteiger partial charge on any atom is -0.206 e. The van der Waals surface area contributed by atoms with Crippen molar-refractivity contribution in [2.45, 2.75) is 31.6 Å². The highest BCUT2D eigenvalue weighted by Crippen LogP contribution is 2.42. The lowest BCUT2D eigenvalue weighted by molar-refractivity contribution is 0.589. The number of allylic oxidation sites excluding steroid dienone is 1. The second kappa shape index (κ2) is 3.56. The SMILES string of the molecule is C=CC(C)c1cccc(C2CC2)c1F. The van der Waals surface area contributed by atoms with Gasteiger partial charge in [-0.15, -0.1) is 6.58 Å². The molecule has 2 rings (SSSR count). The van der Waals surface area contributed by atoms with E-state index in [2.05, 4.69) is 6.58 Å². The number of halogens is 1. The molecule has 0 amide bonds. The van der Waals surface area contributed by atoms with E-state index in [1.807, 2.05) is 25.1 Å². The van der Waals surface area contributed by atoms with Crippen LogP contribution in [0, 0.1) is 5.82 Å². The Balaban J connectivity index is 2.40. The highest BCUT2D eigenvalue weighted by molar-refractivity contribution is 5.34. The predicted molar refractivity (Wildman–Crippen MR) is 57.0 cm³/mol. The first-order valence-electron chi connectivity index (χ1n) is 5.15. The molecule has 0 N–H and O–H groups in total. The van der Waals surface area contributed by atoms with E-state index >= 15 is 0 Å². The van der Waals surface area contributed by atoms with Crippen molar-refractivity contribution in [3.05, 3.63) is 47.8 Å². The second-order valence-corrected chi connectivity index (χ2v) is 4.05. The van der Waals surface area contributed by atoms with Gasteiger partial charge in [-0.05, 0) is 29.9 Å². The van der Waals surface area contributed by atoms with Crippen LogP contribution in [0.25, 0.3) is 0 Å². The van der Waals surface area contributed by atoms with Gasteiger partial charge in [-0.2, -0.15) is 0 Å². The molecule has 1 saturated carbocycles. The van der Waals surface area contributed by atoms with E-state index in [0.717, 1.165) is 24.0 Å². The van der Waals surface area contributed by atoms with E-state index in [-0.39, 0.29) is 11.7 Å². The topological polar surface area (TPSA) is 0 Å². The summed E-state index contributed by atoms with van der Waals surface area (Å²) < 4.78 is 14.0. The summed E-state index contributed by atoms with van der Waals surface area (Å²) in [6.45, 7) is 5.68. The van der Waals surface area contributed by atoms with Crippen LogP contribution in [0.3, 0.4) is 0 Å². The van der Waals surface area contributed by atoms with Crippen molar-refractivity contribution in [1.82, 2.24) is 0 Å². The minimum absolute atomic E-state index is 0.0117. The van der Waals surface area contributed by atoms with Gasteiger partial charge in [-0.25, -0.2) is 4.39 Å². The molecule has 14 heavy (non-hydrogen) atoms. The lowest BCUT2D eigenvalue weighted by Gasteiger charge is -2.10. The predicted octanol–water partition coefficient (Wildman–Crippen LogP) is 3.99. The van der Waals surface area contributed by atoms with E-state index in [1.165, 1.54) is 0 Å². The van der Waals surface area contributed by atoms with Crippen molar-refractivity contribution in [3.63, 3.8) is 0 Å². The minimum atomic E-state index is -0.0117. The fraction of sp³-hybridized carbons (Fsp3) is 0.385. The number of hydrogen-bond donors (Lipinski definition) is 0. The zero-order chi connectivity index (χ0) is 10.1. The lowest BCUT2D eigenvalue weighted by Crippen LogP contribution is -1.97. The Labute approximate surface area is 84.5 Å². The maximum atomic E-state index is 14.0. The van der Waals surface area contributed by atoms with Gasteiger partial charge in [0, 0.05) is 5.92 Å². The third-order valence-electron chi connectivity index (χ3n) is 2.92. The van der Waals surface area contributed by atoms with Crippen LogP contribution in [0.1, 0.15) is 42.7 Å². The molecule has 0 heterocycles. The molecule has 1 aromatic rings. The summed E-state index contributed by atoms with van der Waals surface area (Å²) in [5.74, 6) is 0.572. The van der Waals surface area contributed by atoms with Crippen molar-refractivity contribution < 1.29 is 4.39 Å². The normalized spacial score (nSPS) is 17.9. The Hall–Kier alpha value is -1.11. The highest BCUT2D eigenvalue weighted by Gasteiger charge is 2.27. The van der Waals surface area contributed by atoms with Crippen LogP contribution in [-0.4, -0.2) is 0 Å². The van der Waals surface area contributed by atoms with Gasteiger partial charge in [0.1, 0.15) is 5.82 Å². The fourth-order valence-electron chi connectivity index (χ4n) is 1.76. The molecule has 1 unspecified atom stereocenters. The monoisotopic (exact) mass is 190 g/mol. The molecule has 1 aromatic carbocycles. The molecule has 1 heteroatoms. The molecule has 1 aliphatic carbocycles. The van der Waals surface area contributed by atoms with E-state index in [1.54, 1.807) is 6.08 Å². The van der Waals surface area contributed by atoms with Gasteiger partial charge in [0.2, 0.25) is 0 Å². The Kier molecular flexibility index (Phi) is 2.40. The van der Waals surface area contributed by atoms with Gasteiger partial charge < -0.3 is 0 Å².